The molecule has 2 bridgehead atoms. The van der Waals surface area contributed by atoms with Crippen LogP contribution in [0.5, 0.6) is 0 Å². The monoisotopic (exact) mass is 254 g/mol. The molecule has 2 aliphatic rings. The second kappa shape index (κ2) is 4.41. The van der Waals surface area contributed by atoms with E-state index in [4.69, 9.17) is 4.74 Å². The zero-order valence-corrected chi connectivity index (χ0v) is 12.2. The number of piperidine rings is 2. The van der Waals surface area contributed by atoms with Crippen molar-refractivity contribution < 1.29 is 9.53 Å². The molecule has 2 saturated heterocycles. The van der Waals surface area contributed by atoms with Gasteiger partial charge in [-0.1, -0.05) is 0 Å². The normalized spacial score (nSPS) is 31.1. The van der Waals surface area contributed by atoms with Crippen LogP contribution < -0.4 is 5.32 Å². The Morgan fingerprint density at radius 1 is 1.33 bits per heavy atom. The summed E-state index contributed by atoms with van der Waals surface area (Å²) in [6.07, 6.45) is 1.06. The molecule has 0 aromatic carbocycles. The molecule has 4 heteroatoms. The lowest BCUT2D eigenvalue weighted by atomic mass is 9.73. The van der Waals surface area contributed by atoms with Gasteiger partial charge in [0, 0.05) is 18.6 Å². The molecule has 2 unspecified atom stereocenters. The van der Waals surface area contributed by atoms with Crippen LogP contribution in [0.2, 0.25) is 0 Å². The Kier molecular flexibility index (Phi) is 3.34. The van der Waals surface area contributed by atoms with Crippen molar-refractivity contribution in [3.8, 4) is 0 Å². The fourth-order valence-electron chi connectivity index (χ4n) is 3.05. The number of ether oxygens (including phenoxy) is 1. The van der Waals surface area contributed by atoms with E-state index in [1.807, 2.05) is 25.7 Å². The Hall–Kier alpha value is -0.770. The first-order valence-electron chi connectivity index (χ1n) is 6.91. The van der Waals surface area contributed by atoms with Crippen LogP contribution in [0.4, 0.5) is 4.79 Å². The van der Waals surface area contributed by atoms with E-state index in [0.29, 0.717) is 11.8 Å². The smallest absolute Gasteiger partial charge is 0.410 e. The van der Waals surface area contributed by atoms with Crippen molar-refractivity contribution in [1.82, 2.24) is 10.2 Å². The zero-order valence-electron chi connectivity index (χ0n) is 12.2. The number of amides is 1. The van der Waals surface area contributed by atoms with Crippen molar-refractivity contribution >= 4 is 6.09 Å². The third-order valence-electron chi connectivity index (χ3n) is 4.19. The van der Waals surface area contributed by atoms with Gasteiger partial charge in [0.15, 0.2) is 0 Å². The van der Waals surface area contributed by atoms with E-state index >= 15 is 0 Å². The van der Waals surface area contributed by atoms with Gasteiger partial charge in [-0.15, -0.1) is 0 Å². The number of nitrogens with zero attached hydrogens (tertiary/aromatic N) is 1. The lowest BCUT2D eigenvalue weighted by Gasteiger charge is -2.53. The van der Waals surface area contributed by atoms with Gasteiger partial charge in [0.2, 0.25) is 0 Å². The summed E-state index contributed by atoms with van der Waals surface area (Å²) in [5.41, 5.74) is -0.537. The van der Waals surface area contributed by atoms with Crippen LogP contribution in [0.15, 0.2) is 0 Å². The predicted molar refractivity (Wildman–Crippen MR) is 71.5 cm³/mol. The molecule has 4 nitrogen and oxygen atoms in total. The molecule has 2 heterocycles. The van der Waals surface area contributed by atoms with Crippen molar-refractivity contribution in [1.29, 1.82) is 0 Å². The van der Waals surface area contributed by atoms with Crippen LogP contribution in [-0.4, -0.2) is 41.8 Å². The van der Waals surface area contributed by atoms with Gasteiger partial charge >= 0.3 is 6.09 Å². The second-order valence-corrected chi connectivity index (χ2v) is 7.20. The number of fused-ring (bicyclic) bond motifs is 2. The molecule has 2 atom stereocenters. The fourth-order valence-corrected chi connectivity index (χ4v) is 3.05. The number of likely N-dealkylation sites (tertiary alicyclic amines) is 1. The average Bonchev–Trinajstić information content (AvgIpc) is 2.22. The number of hydrogen-bond donors (Lipinski definition) is 1. The van der Waals surface area contributed by atoms with Gasteiger partial charge in [-0.05, 0) is 59.4 Å². The van der Waals surface area contributed by atoms with Crippen molar-refractivity contribution in [2.45, 2.75) is 52.2 Å². The Morgan fingerprint density at radius 3 is 2.61 bits per heavy atom. The van der Waals surface area contributed by atoms with Gasteiger partial charge < -0.3 is 15.0 Å². The van der Waals surface area contributed by atoms with E-state index in [1.165, 1.54) is 6.42 Å². The van der Waals surface area contributed by atoms with Crippen LogP contribution in [-0.2, 0) is 4.74 Å². The zero-order chi connectivity index (χ0) is 13.6. The van der Waals surface area contributed by atoms with Crippen molar-refractivity contribution in [3.05, 3.63) is 0 Å². The molecule has 18 heavy (non-hydrogen) atoms. The van der Waals surface area contributed by atoms with Gasteiger partial charge in [-0.25, -0.2) is 4.79 Å². The molecule has 0 aliphatic carbocycles. The average molecular weight is 254 g/mol. The first-order chi connectivity index (χ1) is 8.20. The number of nitrogens with one attached hydrogen (secondary N) is 1. The van der Waals surface area contributed by atoms with Crippen molar-refractivity contribution in [2.24, 2.45) is 11.8 Å². The molecule has 104 valence electrons. The molecule has 0 spiro atoms. The summed E-state index contributed by atoms with van der Waals surface area (Å²) in [5.74, 6) is 1.10. The summed E-state index contributed by atoms with van der Waals surface area (Å²) < 4.78 is 5.54. The van der Waals surface area contributed by atoms with Crippen LogP contribution in [0.3, 0.4) is 0 Å². The molecule has 0 aromatic heterocycles. The Balaban J connectivity index is 2.13. The third kappa shape index (κ3) is 2.63. The number of carbonyl (C=O) groups excluding carboxylic acids is 1. The maximum absolute atomic E-state index is 12.3. The minimum absolute atomic E-state index is 0.119. The molecule has 2 rings (SSSR count). The summed E-state index contributed by atoms with van der Waals surface area (Å²) >= 11 is 0. The van der Waals surface area contributed by atoms with Gasteiger partial charge in [-0.3, -0.25) is 0 Å². The van der Waals surface area contributed by atoms with Crippen LogP contribution in [0, 0.1) is 11.8 Å². The van der Waals surface area contributed by atoms with E-state index in [0.717, 1.165) is 19.6 Å². The van der Waals surface area contributed by atoms with Gasteiger partial charge in [0.05, 0.1) is 0 Å². The minimum Gasteiger partial charge on any atom is -0.444 e. The summed E-state index contributed by atoms with van der Waals surface area (Å²) in [6.45, 7) is 12.9. The lowest BCUT2D eigenvalue weighted by molar-refractivity contribution is -0.0456. The Morgan fingerprint density at radius 2 is 2.00 bits per heavy atom. The lowest BCUT2D eigenvalue weighted by Crippen LogP contribution is -2.64. The molecular formula is C14H26N2O2. The van der Waals surface area contributed by atoms with Gasteiger partial charge in [-0.2, -0.15) is 0 Å². The number of carbonyl (C=O) groups is 1. The summed E-state index contributed by atoms with van der Waals surface area (Å²) in [4.78, 5) is 14.3. The molecule has 0 saturated carbocycles. The van der Waals surface area contributed by atoms with Crippen molar-refractivity contribution in [2.75, 3.05) is 19.6 Å². The van der Waals surface area contributed by atoms with Gasteiger partial charge in [0.1, 0.15) is 5.60 Å². The summed E-state index contributed by atoms with van der Waals surface area (Å²) in [6, 6.07) is 0. The maximum atomic E-state index is 12.3. The van der Waals surface area contributed by atoms with Crippen LogP contribution >= 0.6 is 0 Å². The highest BCUT2D eigenvalue weighted by Gasteiger charge is 2.47. The summed E-state index contributed by atoms with van der Waals surface area (Å²) in [7, 11) is 0. The highest BCUT2D eigenvalue weighted by atomic mass is 16.6. The molecule has 1 amide bonds. The number of hydrogen-bond acceptors (Lipinski definition) is 3. The molecule has 0 radical (unpaired) electrons. The van der Waals surface area contributed by atoms with Crippen LogP contribution in [0.25, 0.3) is 0 Å². The predicted octanol–water partition coefficient (Wildman–Crippen LogP) is 2.24. The van der Waals surface area contributed by atoms with Gasteiger partial charge in [0.25, 0.3) is 0 Å². The molecular weight excluding hydrogens is 228 g/mol. The molecule has 2 fully saturated rings. The molecule has 0 aromatic rings. The summed E-state index contributed by atoms with van der Waals surface area (Å²) in [5, 5.41) is 3.47. The Bertz CT molecular complexity index is 333. The minimum atomic E-state index is -0.419. The van der Waals surface area contributed by atoms with E-state index in [1.54, 1.807) is 0 Å². The standard InChI is InChI=1S/C14H26N2O2/c1-13(2,3)18-12(17)16-9-10-6-11(8-15-7-10)14(16,4)5/h10-11,15H,6-9H2,1-5H3. The number of rotatable bonds is 0. The first kappa shape index (κ1) is 13.7. The Labute approximate surface area is 110 Å². The highest BCUT2D eigenvalue weighted by Crippen LogP contribution is 2.38. The van der Waals surface area contributed by atoms with E-state index in [9.17, 15) is 4.79 Å². The van der Waals surface area contributed by atoms with Crippen LogP contribution in [0.1, 0.15) is 41.0 Å². The molecule has 2 aliphatic heterocycles. The fraction of sp³-hybridized carbons (Fsp3) is 0.929. The van der Waals surface area contributed by atoms with Crippen molar-refractivity contribution in [3.63, 3.8) is 0 Å². The second-order valence-electron chi connectivity index (χ2n) is 7.20. The van der Waals surface area contributed by atoms with E-state index in [-0.39, 0.29) is 11.6 Å². The SMILES string of the molecule is CC(C)(C)OC(=O)N1CC2CNCC(C2)C1(C)C. The van der Waals surface area contributed by atoms with E-state index < -0.39 is 5.60 Å². The topological polar surface area (TPSA) is 41.6 Å². The third-order valence-corrected chi connectivity index (χ3v) is 4.19. The first-order valence-corrected chi connectivity index (χ1v) is 6.91. The highest BCUT2D eigenvalue weighted by molar-refractivity contribution is 5.69. The largest absolute Gasteiger partial charge is 0.444 e. The quantitative estimate of drug-likeness (QED) is 0.721. The molecule has 1 N–H and O–H groups in total. The van der Waals surface area contributed by atoms with E-state index in [2.05, 4.69) is 19.2 Å². The maximum Gasteiger partial charge on any atom is 0.410 e.